The Hall–Kier alpha value is -1.14. The van der Waals surface area contributed by atoms with Crippen LogP contribution in [0.4, 0.5) is 5.69 Å². The molecular weight excluding hydrogens is 280 g/mol. The summed E-state index contributed by atoms with van der Waals surface area (Å²) in [4.78, 5) is 14.0. The number of ether oxygens (including phenoxy) is 1. The fraction of sp³-hybridized carbons (Fsp3) is 0.500. The summed E-state index contributed by atoms with van der Waals surface area (Å²) in [6.07, 6.45) is 0. The van der Waals surface area contributed by atoms with Crippen molar-refractivity contribution in [2.24, 2.45) is 0 Å². The van der Waals surface area contributed by atoms with Crippen molar-refractivity contribution in [2.75, 3.05) is 38.2 Å². The first-order valence-corrected chi connectivity index (χ1v) is 6.97. The third-order valence-electron chi connectivity index (χ3n) is 3.45. The Kier molecular flexibility index (Phi) is 5.37. The van der Waals surface area contributed by atoms with E-state index in [0.717, 1.165) is 11.3 Å². The van der Waals surface area contributed by atoms with Crippen LogP contribution < -0.4 is 5.32 Å². The highest BCUT2D eigenvalue weighted by atomic mass is 35.5. The Morgan fingerprint density at radius 3 is 3.15 bits per heavy atom. The van der Waals surface area contributed by atoms with E-state index in [1.165, 1.54) is 0 Å². The van der Waals surface area contributed by atoms with Crippen LogP contribution >= 0.6 is 11.6 Å². The number of carbonyl (C=O) groups excluding carboxylic acids is 1. The van der Waals surface area contributed by atoms with Gasteiger partial charge in [-0.2, -0.15) is 0 Å². The number of rotatable bonds is 4. The molecule has 1 heterocycles. The molecule has 2 N–H and O–H groups in total. The molecule has 1 amide bonds. The maximum atomic E-state index is 12.1. The largest absolute Gasteiger partial charge is 0.395 e. The lowest BCUT2D eigenvalue weighted by Gasteiger charge is -2.33. The summed E-state index contributed by atoms with van der Waals surface area (Å²) in [5, 5.41) is 12.8. The van der Waals surface area contributed by atoms with Gasteiger partial charge < -0.3 is 15.2 Å². The number of hydrogen-bond acceptors (Lipinski definition) is 4. The van der Waals surface area contributed by atoms with Gasteiger partial charge in [-0.05, 0) is 24.6 Å². The van der Waals surface area contributed by atoms with Gasteiger partial charge in [-0.1, -0.05) is 17.7 Å². The van der Waals surface area contributed by atoms with E-state index in [-0.39, 0.29) is 25.1 Å². The molecule has 1 aliphatic heterocycles. The highest BCUT2D eigenvalue weighted by Crippen LogP contribution is 2.22. The summed E-state index contributed by atoms with van der Waals surface area (Å²) in [5.74, 6) is -0.115. The molecule has 20 heavy (non-hydrogen) atoms. The van der Waals surface area contributed by atoms with Crippen LogP contribution in [0.1, 0.15) is 5.56 Å². The van der Waals surface area contributed by atoms with E-state index >= 15 is 0 Å². The molecule has 0 bridgehead atoms. The van der Waals surface area contributed by atoms with Crippen molar-refractivity contribution < 1.29 is 14.6 Å². The van der Waals surface area contributed by atoms with E-state index < -0.39 is 0 Å². The van der Waals surface area contributed by atoms with Crippen LogP contribution in [0.25, 0.3) is 0 Å². The topological polar surface area (TPSA) is 61.8 Å². The summed E-state index contributed by atoms with van der Waals surface area (Å²) in [6, 6.07) is 5.30. The first kappa shape index (κ1) is 15.3. The second kappa shape index (κ2) is 7.04. The van der Waals surface area contributed by atoms with Crippen molar-refractivity contribution in [1.29, 1.82) is 0 Å². The van der Waals surface area contributed by atoms with Crippen molar-refractivity contribution in [3.8, 4) is 0 Å². The van der Waals surface area contributed by atoms with Crippen molar-refractivity contribution in [3.05, 3.63) is 28.8 Å². The molecule has 1 aromatic carbocycles. The normalized spacial score (nSPS) is 19.9. The predicted molar refractivity (Wildman–Crippen MR) is 78.1 cm³/mol. The number of nitrogens with one attached hydrogen (secondary N) is 1. The summed E-state index contributed by atoms with van der Waals surface area (Å²) in [6.45, 7) is 3.78. The second-order valence-electron chi connectivity index (χ2n) is 4.84. The smallest absolute Gasteiger partial charge is 0.238 e. The van der Waals surface area contributed by atoms with Gasteiger partial charge in [0.05, 0.1) is 32.4 Å². The number of hydrogen-bond donors (Lipinski definition) is 2. The summed E-state index contributed by atoms with van der Waals surface area (Å²) >= 11 is 6.02. The molecule has 1 fully saturated rings. The standard InChI is InChI=1S/C14H19ClN2O3/c1-10-12(15)3-2-4-13(10)16-14(19)7-17-5-6-20-9-11(17)8-18/h2-4,11,18H,5-9H2,1H3,(H,16,19). The van der Waals surface area contributed by atoms with Gasteiger partial charge in [0, 0.05) is 17.3 Å². The number of carbonyl (C=O) groups is 1. The van der Waals surface area contributed by atoms with E-state index in [4.69, 9.17) is 16.3 Å². The minimum Gasteiger partial charge on any atom is -0.395 e. The van der Waals surface area contributed by atoms with Gasteiger partial charge >= 0.3 is 0 Å². The number of halogens is 1. The van der Waals surface area contributed by atoms with Crippen LogP contribution in [0, 0.1) is 6.92 Å². The lowest BCUT2D eigenvalue weighted by atomic mass is 10.2. The Balaban J connectivity index is 1.96. The van der Waals surface area contributed by atoms with Crippen LogP contribution in [-0.2, 0) is 9.53 Å². The van der Waals surface area contributed by atoms with Gasteiger partial charge in [0.25, 0.3) is 0 Å². The quantitative estimate of drug-likeness (QED) is 0.879. The third kappa shape index (κ3) is 3.70. The predicted octanol–water partition coefficient (Wildman–Crippen LogP) is 1.28. The van der Waals surface area contributed by atoms with Crippen LogP contribution in [-0.4, -0.2) is 54.9 Å². The summed E-state index contributed by atoms with van der Waals surface area (Å²) in [5.41, 5.74) is 1.57. The lowest BCUT2D eigenvalue weighted by Crippen LogP contribution is -2.50. The molecule has 1 aromatic rings. The average Bonchev–Trinajstić information content (AvgIpc) is 2.44. The van der Waals surface area contributed by atoms with Gasteiger partial charge in [0.15, 0.2) is 0 Å². The number of amides is 1. The number of morpholine rings is 1. The first-order valence-electron chi connectivity index (χ1n) is 6.59. The molecule has 1 unspecified atom stereocenters. The first-order chi connectivity index (χ1) is 9.61. The molecule has 0 saturated carbocycles. The van der Waals surface area contributed by atoms with E-state index in [0.29, 0.717) is 24.8 Å². The summed E-state index contributed by atoms with van der Waals surface area (Å²) in [7, 11) is 0. The zero-order valence-electron chi connectivity index (χ0n) is 11.4. The Morgan fingerprint density at radius 1 is 1.60 bits per heavy atom. The van der Waals surface area contributed by atoms with Crippen molar-refractivity contribution in [1.82, 2.24) is 4.90 Å². The zero-order chi connectivity index (χ0) is 14.5. The SMILES string of the molecule is Cc1c(Cl)cccc1NC(=O)CN1CCOCC1CO. The lowest BCUT2D eigenvalue weighted by molar-refractivity contribution is -0.120. The van der Waals surface area contributed by atoms with Gasteiger partial charge in [-0.3, -0.25) is 9.69 Å². The molecule has 6 heteroatoms. The highest BCUT2D eigenvalue weighted by molar-refractivity contribution is 6.31. The van der Waals surface area contributed by atoms with Gasteiger partial charge in [0.2, 0.25) is 5.91 Å². The van der Waals surface area contributed by atoms with Crippen LogP contribution in [0.15, 0.2) is 18.2 Å². The zero-order valence-corrected chi connectivity index (χ0v) is 12.2. The van der Waals surface area contributed by atoms with Gasteiger partial charge in [-0.25, -0.2) is 0 Å². The van der Waals surface area contributed by atoms with Crippen LogP contribution in [0.3, 0.4) is 0 Å². The van der Waals surface area contributed by atoms with Crippen molar-refractivity contribution in [3.63, 3.8) is 0 Å². The van der Waals surface area contributed by atoms with Crippen LogP contribution in [0.2, 0.25) is 5.02 Å². The number of nitrogens with zero attached hydrogens (tertiary/aromatic N) is 1. The van der Waals surface area contributed by atoms with Crippen molar-refractivity contribution >= 4 is 23.2 Å². The summed E-state index contributed by atoms with van der Waals surface area (Å²) < 4.78 is 5.29. The Labute approximate surface area is 123 Å². The molecule has 0 aromatic heterocycles. The minimum absolute atomic E-state index is 0.0104. The molecule has 0 radical (unpaired) electrons. The molecule has 0 aliphatic carbocycles. The van der Waals surface area contributed by atoms with E-state index in [2.05, 4.69) is 5.32 Å². The van der Waals surface area contributed by atoms with Gasteiger partial charge in [-0.15, -0.1) is 0 Å². The number of aliphatic hydroxyl groups excluding tert-OH is 1. The van der Waals surface area contributed by atoms with E-state index in [1.807, 2.05) is 17.9 Å². The van der Waals surface area contributed by atoms with E-state index in [1.54, 1.807) is 12.1 Å². The highest BCUT2D eigenvalue weighted by Gasteiger charge is 2.24. The Bertz CT molecular complexity index is 481. The molecule has 110 valence electrons. The molecular formula is C14H19ClN2O3. The molecule has 1 saturated heterocycles. The van der Waals surface area contributed by atoms with Crippen molar-refractivity contribution in [2.45, 2.75) is 13.0 Å². The second-order valence-corrected chi connectivity index (χ2v) is 5.25. The maximum absolute atomic E-state index is 12.1. The van der Waals surface area contributed by atoms with Gasteiger partial charge in [0.1, 0.15) is 0 Å². The monoisotopic (exact) mass is 298 g/mol. The maximum Gasteiger partial charge on any atom is 0.238 e. The number of benzene rings is 1. The molecule has 5 nitrogen and oxygen atoms in total. The average molecular weight is 299 g/mol. The molecule has 1 aliphatic rings. The number of aliphatic hydroxyl groups is 1. The minimum atomic E-state index is -0.116. The van der Waals surface area contributed by atoms with Crippen LogP contribution in [0.5, 0.6) is 0 Å². The molecule has 2 rings (SSSR count). The molecule has 0 spiro atoms. The fourth-order valence-corrected chi connectivity index (χ4v) is 2.36. The molecule has 1 atom stereocenters. The number of anilines is 1. The Morgan fingerprint density at radius 2 is 2.40 bits per heavy atom. The van der Waals surface area contributed by atoms with E-state index in [9.17, 15) is 9.90 Å². The fourth-order valence-electron chi connectivity index (χ4n) is 2.18. The third-order valence-corrected chi connectivity index (χ3v) is 3.86.